The molecule has 0 bridgehead atoms. The molecular weight excluding hydrogens is 465 g/mol. The number of nitrogens with one attached hydrogen (secondary N) is 1. The molecule has 2 heterocycles. The fourth-order valence-corrected chi connectivity index (χ4v) is 5.80. The number of likely N-dealkylation sites (tertiary alicyclic amines) is 1. The van der Waals surface area contributed by atoms with Gasteiger partial charge in [0.2, 0.25) is 0 Å². The normalized spacial score (nSPS) is 23.5. The molecule has 4 rings (SSSR count). The van der Waals surface area contributed by atoms with Crippen molar-refractivity contribution in [3.05, 3.63) is 70.8 Å². The molecule has 0 aromatic heterocycles. The molecule has 36 heavy (non-hydrogen) atoms. The van der Waals surface area contributed by atoms with Crippen molar-refractivity contribution in [2.45, 2.75) is 56.6 Å². The fraction of sp³-hybridized carbons (Fsp3) is 0.500. The number of aliphatic hydroxyl groups excluding tert-OH is 1. The Bertz CT molecular complexity index is 1070. The van der Waals surface area contributed by atoms with Gasteiger partial charge in [0.1, 0.15) is 6.23 Å². The van der Waals surface area contributed by atoms with E-state index in [9.17, 15) is 20.2 Å². The Kier molecular flexibility index (Phi) is 10.1. The maximum absolute atomic E-state index is 12.4. The molecule has 0 amide bonds. The Morgan fingerprint density at radius 1 is 1.19 bits per heavy atom. The van der Waals surface area contributed by atoms with Crippen LogP contribution in [0.25, 0.3) is 0 Å². The number of benzene rings is 2. The van der Waals surface area contributed by atoms with Crippen molar-refractivity contribution < 1.29 is 49.8 Å². The van der Waals surface area contributed by atoms with Crippen molar-refractivity contribution in [1.82, 2.24) is 10.2 Å². The molecule has 2 aliphatic heterocycles. The van der Waals surface area contributed by atoms with Gasteiger partial charge in [-0.05, 0) is 75.0 Å². The number of aliphatic carboxylic acids is 1. The number of aryl methyl sites for hydroxylation is 1. The maximum atomic E-state index is 12.4. The second-order valence-corrected chi connectivity index (χ2v) is 10.1. The fourth-order valence-electron chi connectivity index (χ4n) is 5.80. The first kappa shape index (κ1) is 28.8. The van der Waals surface area contributed by atoms with Crippen LogP contribution in [0.1, 0.15) is 60.3 Å². The Balaban J connectivity index is 0.00000361. The van der Waals surface area contributed by atoms with E-state index in [1.807, 2.05) is 48.3 Å². The van der Waals surface area contributed by atoms with Gasteiger partial charge >= 0.3 is 29.6 Å². The zero-order valence-corrected chi connectivity index (χ0v) is 23.6. The smallest absolute Gasteiger partial charge is 0.549 e. The molecule has 188 valence electrons. The maximum Gasteiger partial charge on any atom is 1.00 e. The SMILES string of the molecule is Cc1ccccc1C(C/C(=N/O)C1CCC(O)N(C)C1)c1cccc(C2(C(=O)[O-])CCNCC2)c1.[Na+]. The summed E-state index contributed by atoms with van der Waals surface area (Å²) in [6.07, 6.45) is 2.42. The molecule has 3 atom stereocenters. The van der Waals surface area contributed by atoms with E-state index in [1.165, 1.54) is 0 Å². The summed E-state index contributed by atoms with van der Waals surface area (Å²) in [6.45, 7) is 3.98. The van der Waals surface area contributed by atoms with Gasteiger partial charge in [0, 0.05) is 30.2 Å². The summed E-state index contributed by atoms with van der Waals surface area (Å²) < 4.78 is 0. The number of piperidine rings is 2. The average Bonchev–Trinajstić information content (AvgIpc) is 2.87. The van der Waals surface area contributed by atoms with E-state index >= 15 is 0 Å². The van der Waals surface area contributed by atoms with Crippen LogP contribution in [0.4, 0.5) is 0 Å². The molecule has 8 heteroatoms. The Morgan fingerprint density at radius 2 is 1.92 bits per heavy atom. The molecule has 2 aliphatic rings. The van der Waals surface area contributed by atoms with E-state index in [-0.39, 0.29) is 41.4 Å². The number of carbonyl (C=O) groups is 1. The summed E-state index contributed by atoms with van der Waals surface area (Å²) >= 11 is 0. The van der Waals surface area contributed by atoms with Gasteiger partial charge in [-0.25, -0.2) is 0 Å². The number of carbonyl (C=O) groups excluding carboxylic acids is 1. The first-order valence-electron chi connectivity index (χ1n) is 12.5. The first-order valence-corrected chi connectivity index (χ1v) is 12.5. The van der Waals surface area contributed by atoms with E-state index in [4.69, 9.17) is 0 Å². The number of aliphatic hydroxyl groups is 1. The van der Waals surface area contributed by atoms with Crippen molar-refractivity contribution in [3.8, 4) is 0 Å². The summed E-state index contributed by atoms with van der Waals surface area (Å²) in [4.78, 5) is 14.2. The Labute approximate surface area is 235 Å². The Morgan fingerprint density at radius 3 is 2.56 bits per heavy atom. The first-order chi connectivity index (χ1) is 16.9. The summed E-state index contributed by atoms with van der Waals surface area (Å²) in [7, 11) is 1.88. The van der Waals surface area contributed by atoms with Crippen LogP contribution in [0.2, 0.25) is 0 Å². The zero-order valence-electron chi connectivity index (χ0n) is 21.6. The van der Waals surface area contributed by atoms with Crippen LogP contribution < -0.4 is 40.0 Å². The number of hydrogen-bond acceptors (Lipinski definition) is 7. The van der Waals surface area contributed by atoms with Gasteiger partial charge in [-0.1, -0.05) is 53.7 Å². The molecule has 2 aromatic carbocycles. The molecule has 2 fully saturated rings. The average molecular weight is 502 g/mol. The van der Waals surface area contributed by atoms with Gasteiger partial charge in [0.15, 0.2) is 0 Å². The summed E-state index contributed by atoms with van der Waals surface area (Å²) in [5, 5.41) is 39.5. The Hall–Kier alpha value is -1.74. The molecule has 0 aliphatic carbocycles. The van der Waals surface area contributed by atoms with Crippen LogP contribution in [0.3, 0.4) is 0 Å². The molecule has 3 N–H and O–H groups in total. The van der Waals surface area contributed by atoms with E-state index < -0.39 is 17.6 Å². The second kappa shape index (κ2) is 12.7. The number of rotatable bonds is 7. The van der Waals surface area contributed by atoms with Crippen LogP contribution in [0.5, 0.6) is 0 Å². The van der Waals surface area contributed by atoms with Crippen molar-refractivity contribution in [3.63, 3.8) is 0 Å². The quantitative estimate of drug-likeness (QED) is 0.202. The van der Waals surface area contributed by atoms with Crippen molar-refractivity contribution in [1.29, 1.82) is 0 Å². The molecule has 3 unspecified atom stereocenters. The van der Waals surface area contributed by atoms with Gasteiger partial charge in [-0.15, -0.1) is 0 Å². The van der Waals surface area contributed by atoms with E-state index in [1.54, 1.807) is 0 Å². The predicted octanol–water partition coefficient (Wildman–Crippen LogP) is -0.617. The minimum absolute atomic E-state index is 0. The van der Waals surface area contributed by atoms with E-state index in [0.29, 0.717) is 51.0 Å². The van der Waals surface area contributed by atoms with E-state index in [2.05, 4.69) is 29.5 Å². The molecule has 0 radical (unpaired) electrons. The van der Waals surface area contributed by atoms with Crippen LogP contribution in [-0.2, 0) is 10.2 Å². The van der Waals surface area contributed by atoms with Gasteiger partial charge in [0.05, 0.1) is 11.7 Å². The minimum Gasteiger partial charge on any atom is -0.549 e. The summed E-state index contributed by atoms with van der Waals surface area (Å²) in [6, 6.07) is 16.1. The summed E-state index contributed by atoms with van der Waals surface area (Å²) in [5.74, 6) is -1.08. The van der Waals surface area contributed by atoms with Crippen molar-refractivity contribution in [2.24, 2.45) is 11.1 Å². The van der Waals surface area contributed by atoms with Crippen LogP contribution >= 0.6 is 0 Å². The largest absolute Gasteiger partial charge is 1.00 e. The number of carboxylic acids is 1. The van der Waals surface area contributed by atoms with Gasteiger partial charge in [-0.3, -0.25) is 4.90 Å². The molecular formula is C28H36N3NaO4. The van der Waals surface area contributed by atoms with Crippen LogP contribution in [0, 0.1) is 12.8 Å². The van der Waals surface area contributed by atoms with Crippen LogP contribution in [0.15, 0.2) is 53.7 Å². The number of nitrogens with zero attached hydrogens (tertiary/aromatic N) is 2. The number of oxime groups is 1. The number of hydrogen-bond donors (Lipinski definition) is 3. The molecule has 2 aromatic rings. The molecule has 7 nitrogen and oxygen atoms in total. The second-order valence-electron chi connectivity index (χ2n) is 10.1. The third-order valence-corrected chi connectivity index (χ3v) is 8.06. The monoisotopic (exact) mass is 501 g/mol. The topological polar surface area (TPSA) is 108 Å². The van der Waals surface area contributed by atoms with Crippen molar-refractivity contribution >= 4 is 11.7 Å². The standard InChI is InChI=1S/C28H37N3O4.Na/c1-19-6-3-4-9-23(19)24(17-25(30-35)21-10-11-26(32)31(2)18-21)20-7-5-8-22(16-20)28(27(33)34)12-14-29-15-13-28;/h3-9,16,21,24,26,29,32,35H,10-15,17-18H2,1-2H3,(H,33,34);/q;+1/p-1/b30-25-;. The van der Waals surface area contributed by atoms with Crippen molar-refractivity contribution in [2.75, 3.05) is 26.7 Å². The molecule has 0 spiro atoms. The third-order valence-electron chi connectivity index (χ3n) is 8.06. The van der Waals surface area contributed by atoms with Gasteiger partial charge in [0.25, 0.3) is 0 Å². The molecule has 2 saturated heterocycles. The minimum atomic E-state index is -1.02. The summed E-state index contributed by atoms with van der Waals surface area (Å²) in [5.41, 5.74) is 3.74. The third kappa shape index (κ3) is 6.04. The van der Waals surface area contributed by atoms with Crippen LogP contribution in [-0.4, -0.2) is 59.8 Å². The van der Waals surface area contributed by atoms with Gasteiger partial charge in [-0.2, -0.15) is 0 Å². The van der Waals surface area contributed by atoms with Gasteiger partial charge < -0.3 is 25.5 Å². The molecule has 0 saturated carbocycles. The number of carboxylic acid groups (broad SMARTS) is 1. The van der Waals surface area contributed by atoms with E-state index in [0.717, 1.165) is 28.7 Å². The zero-order chi connectivity index (χ0) is 25.0. The predicted molar refractivity (Wildman–Crippen MR) is 133 cm³/mol.